The van der Waals surface area contributed by atoms with E-state index < -0.39 is 11.9 Å². The van der Waals surface area contributed by atoms with Crippen LogP contribution in [0, 0.1) is 11.6 Å². The first kappa shape index (κ1) is 19.7. The largest absolute Gasteiger partial charge is 0.336 e. The third-order valence-electron chi connectivity index (χ3n) is 4.71. The summed E-state index contributed by atoms with van der Waals surface area (Å²) in [6, 6.07) is 11.5. The number of hydrogen-bond donors (Lipinski definition) is 0. The van der Waals surface area contributed by atoms with Gasteiger partial charge < -0.3 is 4.90 Å². The highest BCUT2D eigenvalue weighted by molar-refractivity contribution is 6.03. The fraction of sp³-hybridized carbons (Fsp3) is 0.286. The zero-order valence-electron chi connectivity index (χ0n) is 15.7. The molecule has 0 aliphatic carbocycles. The van der Waals surface area contributed by atoms with Crippen molar-refractivity contribution in [2.75, 3.05) is 13.6 Å². The lowest BCUT2D eigenvalue weighted by Crippen LogP contribution is -2.39. The van der Waals surface area contributed by atoms with Crippen molar-refractivity contribution in [3.63, 3.8) is 0 Å². The predicted octanol–water partition coefficient (Wildman–Crippen LogP) is 3.51. The molecule has 1 atom stereocenters. The van der Waals surface area contributed by atoms with Gasteiger partial charge in [0.2, 0.25) is 5.91 Å². The van der Waals surface area contributed by atoms with E-state index in [4.69, 9.17) is 0 Å². The molecule has 0 saturated carbocycles. The van der Waals surface area contributed by atoms with E-state index in [-0.39, 0.29) is 30.6 Å². The first-order chi connectivity index (χ1) is 13.4. The van der Waals surface area contributed by atoms with Crippen LogP contribution in [0.2, 0.25) is 0 Å². The molecule has 0 aromatic heterocycles. The van der Waals surface area contributed by atoms with Gasteiger partial charge in [0.05, 0.1) is 11.8 Å². The standard InChI is InChI=1S/C21H21F2N3O2/c1-3-20(27)25(2)13-21(28)26-19(14-8-10-15(22)11-9-14)12-18(24-26)16-6-4-5-7-17(16)23/h4-11,19H,3,12-13H2,1-2H3/t19-/m0/s1. The van der Waals surface area contributed by atoms with Crippen molar-refractivity contribution in [2.45, 2.75) is 25.8 Å². The van der Waals surface area contributed by atoms with Crippen LogP contribution in [0.25, 0.3) is 0 Å². The van der Waals surface area contributed by atoms with Gasteiger partial charge in [-0.05, 0) is 23.8 Å². The van der Waals surface area contributed by atoms with E-state index in [2.05, 4.69) is 5.10 Å². The topological polar surface area (TPSA) is 53.0 Å². The minimum Gasteiger partial charge on any atom is -0.336 e. The summed E-state index contributed by atoms with van der Waals surface area (Å²) in [5, 5.41) is 5.64. The minimum atomic E-state index is -0.493. The average Bonchev–Trinajstić information content (AvgIpc) is 3.13. The molecule has 1 aliphatic rings. The summed E-state index contributed by atoms with van der Waals surface area (Å²) >= 11 is 0. The molecule has 2 amide bonds. The van der Waals surface area contributed by atoms with Crippen LogP contribution < -0.4 is 0 Å². The number of benzene rings is 2. The van der Waals surface area contributed by atoms with Crippen LogP contribution in [0.5, 0.6) is 0 Å². The summed E-state index contributed by atoms with van der Waals surface area (Å²) in [6.07, 6.45) is 0.582. The summed E-state index contributed by atoms with van der Waals surface area (Å²) in [4.78, 5) is 26.0. The lowest BCUT2D eigenvalue weighted by atomic mass is 9.98. The van der Waals surface area contributed by atoms with Gasteiger partial charge in [-0.1, -0.05) is 37.3 Å². The van der Waals surface area contributed by atoms with Gasteiger partial charge in [-0.15, -0.1) is 0 Å². The second kappa shape index (κ2) is 8.29. The molecule has 0 N–H and O–H groups in total. The molecule has 5 nitrogen and oxygen atoms in total. The van der Waals surface area contributed by atoms with Crippen LogP contribution in [-0.2, 0) is 9.59 Å². The normalized spacial score (nSPS) is 16.1. The average molecular weight is 385 g/mol. The molecule has 0 spiro atoms. The van der Waals surface area contributed by atoms with Crippen LogP contribution in [0.1, 0.15) is 36.9 Å². The van der Waals surface area contributed by atoms with E-state index in [9.17, 15) is 18.4 Å². The molecule has 1 heterocycles. The molecule has 0 unspecified atom stereocenters. The van der Waals surface area contributed by atoms with E-state index in [1.807, 2.05) is 0 Å². The van der Waals surface area contributed by atoms with E-state index in [1.165, 1.54) is 28.1 Å². The molecule has 0 radical (unpaired) electrons. The lowest BCUT2D eigenvalue weighted by Gasteiger charge is -2.24. The zero-order chi connectivity index (χ0) is 20.3. The maximum absolute atomic E-state index is 14.2. The van der Waals surface area contributed by atoms with Gasteiger partial charge in [0.15, 0.2) is 0 Å². The Morgan fingerprint density at radius 3 is 2.46 bits per heavy atom. The molecule has 2 aromatic rings. The number of carbonyl (C=O) groups is 2. The van der Waals surface area contributed by atoms with Crippen molar-refractivity contribution in [2.24, 2.45) is 5.10 Å². The van der Waals surface area contributed by atoms with Crippen LogP contribution in [0.4, 0.5) is 8.78 Å². The number of hydrazone groups is 1. The molecule has 2 aromatic carbocycles. The molecular formula is C21H21F2N3O2. The second-order valence-electron chi connectivity index (χ2n) is 6.64. The number of rotatable bonds is 5. The molecule has 146 valence electrons. The van der Waals surface area contributed by atoms with Gasteiger partial charge >= 0.3 is 0 Å². The number of halogens is 2. The highest BCUT2D eigenvalue weighted by Crippen LogP contribution is 2.33. The third-order valence-corrected chi connectivity index (χ3v) is 4.71. The van der Waals surface area contributed by atoms with Crippen LogP contribution in [0.3, 0.4) is 0 Å². The van der Waals surface area contributed by atoms with Crippen LogP contribution in [-0.4, -0.2) is 41.0 Å². The van der Waals surface area contributed by atoms with Crippen molar-refractivity contribution < 1.29 is 18.4 Å². The lowest BCUT2D eigenvalue weighted by molar-refractivity contribution is -0.140. The summed E-state index contributed by atoms with van der Waals surface area (Å²) in [7, 11) is 1.55. The Morgan fingerprint density at radius 2 is 1.82 bits per heavy atom. The molecule has 3 rings (SSSR count). The molecule has 0 fully saturated rings. The monoisotopic (exact) mass is 385 g/mol. The Kier molecular flexibility index (Phi) is 5.82. The number of likely N-dealkylation sites (N-methyl/N-ethyl adjacent to an activating group) is 1. The molecule has 0 saturated heterocycles. The molecule has 1 aliphatic heterocycles. The number of nitrogens with zero attached hydrogens (tertiary/aromatic N) is 3. The Balaban J connectivity index is 1.92. The van der Waals surface area contributed by atoms with Crippen molar-refractivity contribution in [3.8, 4) is 0 Å². The first-order valence-corrected chi connectivity index (χ1v) is 9.04. The third kappa shape index (κ3) is 4.08. The van der Waals surface area contributed by atoms with Crippen molar-refractivity contribution >= 4 is 17.5 Å². The van der Waals surface area contributed by atoms with Gasteiger partial charge in [-0.25, -0.2) is 13.8 Å². The second-order valence-corrected chi connectivity index (χ2v) is 6.64. The van der Waals surface area contributed by atoms with E-state index in [0.29, 0.717) is 23.3 Å². The zero-order valence-corrected chi connectivity index (χ0v) is 15.7. The van der Waals surface area contributed by atoms with Gasteiger partial charge in [0.25, 0.3) is 5.91 Å². The van der Waals surface area contributed by atoms with E-state index in [1.54, 1.807) is 44.3 Å². The number of hydrogen-bond acceptors (Lipinski definition) is 3. The highest BCUT2D eigenvalue weighted by Gasteiger charge is 2.34. The summed E-state index contributed by atoms with van der Waals surface area (Å²) in [5.41, 5.74) is 1.45. The Labute approximate surface area is 162 Å². The van der Waals surface area contributed by atoms with Crippen molar-refractivity contribution in [3.05, 3.63) is 71.3 Å². The van der Waals surface area contributed by atoms with Gasteiger partial charge in [-0.2, -0.15) is 5.10 Å². The van der Waals surface area contributed by atoms with Crippen LogP contribution in [0.15, 0.2) is 53.6 Å². The summed E-state index contributed by atoms with van der Waals surface area (Å²) in [6.45, 7) is 1.58. The fourth-order valence-corrected chi connectivity index (χ4v) is 3.18. The van der Waals surface area contributed by atoms with Crippen LogP contribution >= 0.6 is 0 Å². The molecule has 7 heteroatoms. The minimum absolute atomic E-state index is 0.140. The summed E-state index contributed by atoms with van der Waals surface area (Å²) < 4.78 is 27.5. The maximum atomic E-state index is 14.2. The fourth-order valence-electron chi connectivity index (χ4n) is 3.18. The van der Waals surface area contributed by atoms with Gasteiger partial charge in [0.1, 0.15) is 18.2 Å². The molecule has 28 heavy (non-hydrogen) atoms. The first-order valence-electron chi connectivity index (χ1n) is 9.04. The molecule has 0 bridgehead atoms. The predicted molar refractivity (Wildman–Crippen MR) is 101 cm³/mol. The Hall–Kier alpha value is -3.09. The molecular weight excluding hydrogens is 364 g/mol. The number of carbonyl (C=O) groups excluding carboxylic acids is 2. The highest BCUT2D eigenvalue weighted by atomic mass is 19.1. The maximum Gasteiger partial charge on any atom is 0.262 e. The summed E-state index contributed by atoms with van der Waals surface area (Å²) in [5.74, 6) is -1.36. The van der Waals surface area contributed by atoms with Crippen molar-refractivity contribution in [1.82, 2.24) is 9.91 Å². The number of amides is 2. The quantitative estimate of drug-likeness (QED) is 0.791. The Morgan fingerprint density at radius 1 is 1.14 bits per heavy atom. The Bertz CT molecular complexity index is 912. The smallest absolute Gasteiger partial charge is 0.262 e. The SMILES string of the molecule is CCC(=O)N(C)CC(=O)N1N=C(c2ccccc2F)C[C@H]1c1ccc(F)cc1. The van der Waals surface area contributed by atoms with E-state index >= 15 is 0 Å². The van der Waals surface area contributed by atoms with E-state index in [0.717, 1.165) is 0 Å². The van der Waals surface area contributed by atoms with Crippen molar-refractivity contribution in [1.29, 1.82) is 0 Å². The van der Waals surface area contributed by atoms with Gasteiger partial charge in [-0.3, -0.25) is 9.59 Å². The van der Waals surface area contributed by atoms with Gasteiger partial charge in [0, 0.05) is 25.5 Å².